The quantitative estimate of drug-likeness (QED) is 0.529. The van der Waals surface area contributed by atoms with Crippen LogP contribution in [0.4, 0.5) is 0 Å². The van der Waals surface area contributed by atoms with Gasteiger partial charge in [0, 0.05) is 5.56 Å². The van der Waals surface area contributed by atoms with Gasteiger partial charge in [0.25, 0.3) is 0 Å². The van der Waals surface area contributed by atoms with E-state index in [1.807, 2.05) is 12.1 Å². The number of halogens is 2. The molecule has 20 heavy (non-hydrogen) atoms. The molecule has 1 aliphatic carbocycles. The Morgan fingerprint density at radius 2 is 1.75 bits per heavy atom. The number of esters is 1. The van der Waals surface area contributed by atoms with Gasteiger partial charge in [-0.1, -0.05) is 35.2 Å². The Bertz CT molecular complexity index is 621. The Kier molecular flexibility index (Phi) is 3.86. The van der Waals surface area contributed by atoms with E-state index in [-0.39, 0.29) is 5.97 Å². The molecule has 1 saturated carbocycles. The van der Waals surface area contributed by atoms with Gasteiger partial charge in [-0.05, 0) is 50.0 Å². The number of allylic oxidation sites excluding steroid dienone is 1. The fraction of sp³-hybridized carbons (Fsp3) is 0.312. The second-order valence-corrected chi connectivity index (χ2v) is 5.92. The average molecular weight is 309 g/mol. The molecule has 1 aliphatic heterocycles. The number of ether oxygens (including phenoxy) is 1. The van der Waals surface area contributed by atoms with Crippen molar-refractivity contribution in [2.75, 3.05) is 0 Å². The largest absolute Gasteiger partial charge is 0.422 e. The summed E-state index contributed by atoms with van der Waals surface area (Å²) in [5, 5.41) is 0.950. The highest BCUT2D eigenvalue weighted by atomic mass is 35.5. The molecule has 0 radical (unpaired) electrons. The molecule has 2 aliphatic rings. The molecule has 4 heteroatoms. The highest BCUT2D eigenvalue weighted by Gasteiger charge is 2.26. The van der Waals surface area contributed by atoms with E-state index in [9.17, 15) is 4.79 Å². The first-order chi connectivity index (χ1) is 9.65. The van der Waals surface area contributed by atoms with E-state index in [0.29, 0.717) is 15.8 Å². The Morgan fingerprint density at radius 1 is 1.00 bits per heavy atom. The number of hydrogen-bond donors (Lipinski definition) is 0. The lowest BCUT2D eigenvalue weighted by Crippen LogP contribution is -2.04. The number of benzene rings is 1. The van der Waals surface area contributed by atoms with Gasteiger partial charge in [0.1, 0.15) is 5.76 Å². The molecule has 1 fully saturated rings. The van der Waals surface area contributed by atoms with Crippen molar-refractivity contribution in [3.8, 4) is 0 Å². The second-order valence-electron chi connectivity index (χ2n) is 5.10. The summed E-state index contributed by atoms with van der Waals surface area (Å²) in [5.74, 6) is 0.310. The van der Waals surface area contributed by atoms with Crippen molar-refractivity contribution >= 4 is 34.9 Å². The van der Waals surface area contributed by atoms with Crippen molar-refractivity contribution in [2.24, 2.45) is 0 Å². The number of hydrogen-bond acceptors (Lipinski definition) is 2. The topological polar surface area (TPSA) is 26.3 Å². The first-order valence-electron chi connectivity index (χ1n) is 6.76. The first-order valence-corrected chi connectivity index (χ1v) is 7.52. The third-order valence-corrected chi connectivity index (χ3v) is 4.48. The van der Waals surface area contributed by atoms with Crippen molar-refractivity contribution in [3.63, 3.8) is 0 Å². The average Bonchev–Trinajstić information content (AvgIpc) is 2.85. The van der Waals surface area contributed by atoms with Gasteiger partial charge in [0.15, 0.2) is 0 Å². The Morgan fingerprint density at radius 3 is 2.45 bits per heavy atom. The lowest BCUT2D eigenvalue weighted by atomic mass is 9.91. The van der Waals surface area contributed by atoms with Crippen LogP contribution < -0.4 is 0 Å². The molecular formula is C16H14Cl2O2. The maximum Gasteiger partial charge on any atom is 0.343 e. The standard InChI is InChI=1S/C16H14Cl2O2/c17-13-7-6-11(8-14(13)18)15-9-12(16(19)20-15)10-4-2-1-3-5-10/h6-9H,1-5H2. The molecule has 0 N–H and O–H groups in total. The van der Waals surface area contributed by atoms with Gasteiger partial charge in [0.05, 0.1) is 15.6 Å². The summed E-state index contributed by atoms with van der Waals surface area (Å²) in [6.45, 7) is 0. The molecule has 0 amide bonds. The normalized spacial score (nSPS) is 19.1. The van der Waals surface area contributed by atoms with Crippen molar-refractivity contribution in [2.45, 2.75) is 32.1 Å². The number of carbonyl (C=O) groups excluding carboxylic acids is 1. The van der Waals surface area contributed by atoms with E-state index in [4.69, 9.17) is 27.9 Å². The molecule has 0 spiro atoms. The molecule has 104 valence electrons. The molecule has 0 atom stereocenters. The van der Waals surface area contributed by atoms with E-state index < -0.39 is 0 Å². The maximum atomic E-state index is 12.0. The van der Waals surface area contributed by atoms with Crippen molar-refractivity contribution in [1.29, 1.82) is 0 Å². The van der Waals surface area contributed by atoms with Crippen molar-refractivity contribution in [1.82, 2.24) is 0 Å². The van der Waals surface area contributed by atoms with Gasteiger partial charge < -0.3 is 4.74 Å². The van der Waals surface area contributed by atoms with Gasteiger partial charge in [0.2, 0.25) is 0 Å². The molecule has 0 unspecified atom stereocenters. The van der Waals surface area contributed by atoms with Crippen molar-refractivity contribution in [3.05, 3.63) is 51.0 Å². The Labute approximate surface area is 128 Å². The van der Waals surface area contributed by atoms with E-state index in [2.05, 4.69) is 0 Å². The number of carbonyl (C=O) groups is 1. The van der Waals surface area contributed by atoms with Gasteiger partial charge >= 0.3 is 5.97 Å². The monoisotopic (exact) mass is 308 g/mol. The van der Waals surface area contributed by atoms with E-state index in [1.54, 1.807) is 12.1 Å². The minimum absolute atomic E-state index is 0.247. The molecule has 0 bridgehead atoms. The summed E-state index contributed by atoms with van der Waals surface area (Å²) in [7, 11) is 0. The highest BCUT2D eigenvalue weighted by molar-refractivity contribution is 6.42. The molecule has 1 heterocycles. The third kappa shape index (κ3) is 2.63. The van der Waals surface area contributed by atoms with Crippen LogP contribution in [0, 0.1) is 0 Å². The van der Waals surface area contributed by atoms with Crippen LogP contribution in [0.5, 0.6) is 0 Å². The zero-order valence-electron chi connectivity index (χ0n) is 10.9. The summed E-state index contributed by atoms with van der Waals surface area (Å²) >= 11 is 11.9. The van der Waals surface area contributed by atoms with Crippen LogP contribution in [-0.4, -0.2) is 5.97 Å². The smallest absolute Gasteiger partial charge is 0.343 e. The summed E-state index contributed by atoms with van der Waals surface area (Å²) in [6.07, 6.45) is 7.38. The van der Waals surface area contributed by atoms with Crippen LogP contribution in [0.2, 0.25) is 10.0 Å². The van der Waals surface area contributed by atoms with E-state index in [1.165, 1.54) is 12.0 Å². The number of rotatable bonds is 1. The summed E-state index contributed by atoms with van der Waals surface area (Å²) in [5.41, 5.74) is 2.72. The van der Waals surface area contributed by atoms with Crippen LogP contribution in [-0.2, 0) is 9.53 Å². The minimum atomic E-state index is -0.247. The van der Waals surface area contributed by atoms with Crippen molar-refractivity contribution < 1.29 is 9.53 Å². The molecular weight excluding hydrogens is 295 g/mol. The van der Waals surface area contributed by atoms with Gasteiger partial charge in [-0.3, -0.25) is 0 Å². The van der Waals surface area contributed by atoms with Crippen LogP contribution in [0.25, 0.3) is 5.76 Å². The fourth-order valence-corrected chi connectivity index (χ4v) is 2.96. The molecule has 1 aromatic rings. The van der Waals surface area contributed by atoms with Gasteiger partial charge in [-0.15, -0.1) is 0 Å². The van der Waals surface area contributed by atoms with Crippen LogP contribution in [0.1, 0.15) is 37.7 Å². The molecule has 2 nitrogen and oxygen atoms in total. The van der Waals surface area contributed by atoms with Gasteiger partial charge in [-0.25, -0.2) is 4.79 Å². The summed E-state index contributed by atoms with van der Waals surface area (Å²) in [6, 6.07) is 5.24. The first kappa shape index (κ1) is 13.7. The van der Waals surface area contributed by atoms with E-state index >= 15 is 0 Å². The third-order valence-electron chi connectivity index (χ3n) is 3.74. The molecule has 1 aromatic carbocycles. The van der Waals surface area contributed by atoms with Crippen LogP contribution >= 0.6 is 23.2 Å². The Hall–Kier alpha value is -1.25. The second kappa shape index (κ2) is 5.63. The SMILES string of the molecule is O=C1OC(c2ccc(Cl)c(Cl)c2)=CC1=C1CCCCC1. The lowest BCUT2D eigenvalue weighted by molar-refractivity contribution is -0.131. The molecule has 0 saturated heterocycles. The highest BCUT2D eigenvalue weighted by Crippen LogP contribution is 2.35. The summed E-state index contributed by atoms with van der Waals surface area (Å²) in [4.78, 5) is 12.0. The van der Waals surface area contributed by atoms with E-state index in [0.717, 1.165) is 36.8 Å². The fourth-order valence-electron chi connectivity index (χ4n) is 2.66. The lowest BCUT2D eigenvalue weighted by Gasteiger charge is -2.14. The number of cyclic esters (lactones) is 1. The predicted molar refractivity (Wildman–Crippen MR) is 80.6 cm³/mol. The molecule has 3 rings (SSSR count). The maximum absolute atomic E-state index is 12.0. The minimum Gasteiger partial charge on any atom is -0.422 e. The van der Waals surface area contributed by atoms with Crippen LogP contribution in [0.15, 0.2) is 35.4 Å². The zero-order valence-corrected chi connectivity index (χ0v) is 12.4. The van der Waals surface area contributed by atoms with Gasteiger partial charge in [-0.2, -0.15) is 0 Å². The van der Waals surface area contributed by atoms with Crippen LogP contribution in [0.3, 0.4) is 0 Å². The molecule has 0 aromatic heterocycles. The summed E-state index contributed by atoms with van der Waals surface area (Å²) < 4.78 is 5.37. The Balaban J connectivity index is 1.95. The predicted octanol–water partition coefficient (Wildman–Crippen LogP) is 5.15. The zero-order chi connectivity index (χ0) is 14.1.